The van der Waals surface area contributed by atoms with Gasteiger partial charge >= 0.3 is 6.18 Å². The van der Waals surface area contributed by atoms with Gasteiger partial charge in [0.1, 0.15) is 18.8 Å². The second-order valence-electron chi connectivity index (χ2n) is 8.66. The van der Waals surface area contributed by atoms with Gasteiger partial charge in [0, 0.05) is 30.0 Å². The summed E-state index contributed by atoms with van der Waals surface area (Å²) in [5, 5.41) is 7.82. The van der Waals surface area contributed by atoms with E-state index < -0.39 is 24.9 Å². The summed E-state index contributed by atoms with van der Waals surface area (Å²) in [5.41, 5.74) is 1.38. The number of alkyl halides is 3. The number of nitrogens with zero attached hydrogens (tertiary/aromatic N) is 2. The van der Waals surface area contributed by atoms with E-state index in [-0.39, 0.29) is 5.56 Å². The van der Waals surface area contributed by atoms with E-state index in [1.54, 1.807) is 46.4 Å². The van der Waals surface area contributed by atoms with Gasteiger partial charge in [-0.05, 0) is 63.4 Å². The van der Waals surface area contributed by atoms with E-state index in [0.717, 1.165) is 6.07 Å². The molecule has 184 valence electrons. The average molecular weight is 494 g/mol. The number of ether oxygens (including phenoxy) is 1. The Balaban J connectivity index is 2.09. The molecule has 1 atom stereocenters. The molecule has 3 rings (SSSR count). The lowest BCUT2D eigenvalue weighted by Gasteiger charge is -2.22. The Morgan fingerprint density at radius 2 is 1.85 bits per heavy atom. The molecule has 1 aromatic heterocycles. The van der Waals surface area contributed by atoms with E-state index in [2.05, 4.69) is 20.6 Å². The van der Waals surface area contributed by atoms with Crippen LogP contribution in [-0.4, -0.2) is 43.6 Å². The predicted molar refractivity (Wildman–Crippen MR) is 132 cm³/mol. The van der Waals surface area contributed by atoms with Crippen LogP contribution in [0.5, 0.6) is 0 Å². The van der Waals surface area contributed by atoms with Gasteiger partial charge in [0.25, 0.3) is 0 Å². The maximum Gasteiger partial charge on any atom is 0.416 e. The minimum absolute atomic E-state index is 0.169. The topological polar surface area (TPSA) is 76.1 Å². The van der Waals surface area contributed by atoms with Gasteiger partial charge in [-0.3, -0.25) is 0 Å². The molecule has 34 heavy (non-hydrogen) atoms. The van der Waals surface area contributed by atoms with Crippen LogP contribution in [0.2, 0.25) is 0 Å². The van der Waals surface area contributed by atoms with Crippen molar-refractivity contribution in [3.63, 3.8) is 0 Å². The van der Waals surface area contributed by atoms with Crippen LogP contribution in [0.3, 0.4) is 0 Å². The molecule has 1 heterocycles. The summed E-state index contributed by atoms with van der Waals surface area (Å²) in [5.74, 6) is 0.986. The number of aryl methyl sites for hydroxylation is 1. The molecule has 0 fully saturated rings. The molecule has 3 aromatic rings. The van der Waals surface area contributed by atoms with Crippen molar-refractivity contribution in [3.05, 3.63) is 52.8 Å². The van der Waals surface area contributed by atoms with E-state index in [0.29, 0.717) is 52.3 Å². The van der Waals surface area contributed by atoms with Crippen molar-refractivity contribution >= 4 is 34.9 Å². The zero-order valence-corrected chi connectivity index (χ0v) is 21.1. The van der Waals surface area contributed by atoms with Gasteiger partial charge in [-0.15, -0.1) is 0 Å². The minimum Gasteiger partial charge on any atom is -0.383 e. The molecule has 10 heteroatoms. The van der Waals surface area contributed by atoms with Crippen LogP contribution in [0.4, 0.5) is 24.7 Å². The number of halogens is 3. The van der Waals surface area contributed by atoms with Gasteiger partial charge in [-0.25, -0.2) is 9.97 Å². The van der Waals surface area contributed by atoms with Gasteiger partial charge in [0.15, 0.2) is 0 Å². The molecule has 0 bridgehead atoms. The van der Waals surface area contributed by atoms with E-state index >= 15 is 0 Å². The number of benzene rings is 2. The largest absolute Gasteiger partial charge is 0.416 e. The number of aromatic nitrogens is 2. The summed E-state index contributed by atoms with van der Waals surface area (Å²) in [4.78, 5) is 9.05. The maximum absolute atomic E-state index is 13.4. The van der Waals surface area contributed by atoms with Crippen molar-refractivity contribution in [2.24, 2.45) is 0 Å². The molecule has 0 amide bonds. The lowest BCUT2D eigenvalue weighted by molar-refractivity contribution is -0.138. The fourth-order valence-corrected chi connectivity index (χ4v) is 5.14. The molecule has 0 radical (unpaired) electrons. The Morgan fingerprint density at radius 3 is 2.47 bits per heavy atom. The highest BCUT2D eigenvalue weighted by Gasteiger charge is 2.33. The normalized spacial score (nSPS) is 13.2. The minimum atomic E-state index is -4.43. The number of hydrogen-bond acceptors (Lipinski definition) is 6. The summed E-state index contributed by atoms with van der Waals surface area (Å²) in [7, 11) is -1.07. The van der Waals surface area contributed by atoms with E-state index in [9.17, 15) is 17.7 Å². The molecule has 0 aliphatic carbocycles. The highest BCUT2D eigenvalue weighted by molar-refractivity contribution is 7.70. The molecule has 2 N–H and O–H groups in total. The van der Waals surface area contributed by atoms with Crippen molar-refractivity contribution in [2.75, 3.05) is 44.2 Å². The first-order valence-corrected chi connectivity index (χ1v) is 13.5. The molecule has 0 saturated heterocycles. The molecular weight excluding hydrogens is 464 g/mol. The maximum atomic E-state index is 13.4. The van der Waals surface area contributed by atoms with Crippen LogP contribution in [0.25, 0.3) is 10.9 Å². The molecule has 0 unspecified atom stereocenters. The van der Waals surface area contributed by atoms with Gasteiger partial charge in [0.05, 0.1) is 23.7 Å². The zero-order valence-electron chi connectivity index (χ0n) is 20.2. The standard InChI is InChI=1S/C24H30F3N4O2P/c1-14-17(8-7-9-19(14)24(25,26)27)15(2)29-23-18-12-22(34(5,6)32)21(28-10-11-33-4)13-20(18)30-16(3)31-23/h7-9,12-13,15,28H,10-11H2,1-6H3,(H,29,30,31)/t15-/m1/s1. The predicted octanol–water partition coefficient (Wildman–Crippen LogP) is 5.74. The highest BCUT2D eigenvalue weighted by Crippen LogP contribution is 2.40. The van der Waals surface area contributed by atoms with Crippen molar-refractivity contribution in [1.82, 2.24) is 9.97 Å². The van der Waals surface area contributed by atoms with Crippen molar-refractivity contribution in [3.8, 4) is 0 Å². The van der Waals surface area contributed by atoms with Crippen LogP contribution in [0.15, 0.2) is 30.3 Å². The summed E-state index contributed by atoms with van der Waals surface area (Å²) in [6, 6.07) is 7.35. The Morgan fingerprint density at radius 1 is 1.15 bits per heavy atom. The lowest BCUT2D eigenvalue weighted by Crippen LogP contribution is -2.17. The smallest absolute Gasteiger partial charge is 0.383 e. The second kappa shape index (κ2) is 9.92. The Labute approximate surface area is 197 Å². The third-order valence-corrected chi connectivity index (χ3v) is 7.16. The molecule has 0 saturated carbocycles. The van der Waals surface area contributed by atoms with Crippen LogP contribution < -0.4 is 15.9 Å². The van der Waals surface area contributed by atoms with Gasteiger partial charge in [-0.2, -0.15) is 13.2 Å². The number of fused-ring (bicyclic) bond motifs is 1. The summed E-state index contributed by atoms with van der Waals surface area (Å²) < 4.78 is 58.4. The van der Waals surface area contributed by atoms with Crippen molar-refractivity contribution in [2.45, 2.75) is 33.0 Å². The Bertz CT molecular complexity index is 1240. The fourth-order valence-electron chi connectivity index (χ4n) is 3.98. The first kappa shape index (κ1) is 26.0. The summed E-state index contributed by atoms with van der Waals surface area (Å²) >= 11 is 0. The molecule has 0 spiro atoms. The number of rotatable bonds is 8. The number of hydrogen-bond donors (Lipinski definition) is 2. The molecule has 6 nitrogen and oxygen atoms in total. The van der Waals surface area contributed by atoms with Gasteiger partial charge < -0.3 is 19.9 Å². The number of anilines is 2. The van der Waals surface area contributed by atoms with Crippen molar-refractivity contribution in [1.29, 1.82) is 0 Å². The third kappa shape index (κ3) is 5.70. The van der Waals surface area contributed by atoms with Crippen LogP contribution in [0, 0.1) is 13.8 Å². The molecule has 0 aliphatic heterocycles. The molecule has 2 aromatic carbocycles. The average Bonchev–Trinajstić information content (AvgIpc) is 2.71. The van der Waals surface area contributed by atoms with E-state index in [1.807, 2.05) is 6.07 Å². The summed E-state index contributed by atoms with van der Waals surface area (Å²) in [6.45, 7) is 9.41. The summed E-state index contributed by atoms with van der Waals surface area (Å²) in [6.07, 6.45) is -4.43. The van der Waals surface area contributed by atoms with Crippen LogP contribution in [0.1, 0.15) is 35.5 Å². The SMILES string of the molecule is COCCNc1cc2nc(C)nc(N[C@H](C)c3cccc(C(F)(F)F)c3C)c2cc1P(C)(C)=O. The highest BCUT2D eigenvalue weighted by atomic mass is 31.2. The van der Waals surface area contributed by atoms with E-state index in [4.69, 9.17) is 4.74 Å². The molecular formula is C24H30F3N4O2P. The van der Waals surface area contributed by atoms with Crippen LogP contribution in [-0.2, 0) is 15.5 Å². The van der Waals surface area contributed by atoms with Crippen molar-refractivity contribution < 1.29 is 22.5 Å². The number of methoxy groups -OCH3 is 1. The zero-order chi connectivity index (χ0) is 25.3. The fraction of sp³-hybridized carbons (Fsp3) is 0.417. The monoisotopic (exact) mass is 494 g/mol. The first-order valence-electron chi connectivity index (χ1n) is 10.9. The van der Waals surface area contributed by atoms with Gasteiger partial charge in [-0.1, -0.05) is 12.1 Å². The van der Waals surface area contributed by atoms with Crippen LogP contribution >= 0.6 is 7.14 Å². The second-order valence-corrected chi connectivity index (χ2v) is 11.8. The third-order valence-electron chi connectivity index (χ3n) is 5.63. The Kier molecular flexibility index (Phi) is 7.58. The Hall–Kier alpha value is -2.64. The lowest BCUT2D eigenvalue weighted by atomic mass is 9.97. The quantitative estimate of drug-likeness (QED) is 0.307. The number of nitrogens with one attached hydrogen (secondary N) is 2. The molecule has 0 aliphatic rings. The first-order chi connectivity index (χ1) is 15.8. The van der Waals surface area contributed by atoms with Gasteiger partial charge in [0.2, 0.25) is 0 Å². The van der Waals surface area contributed by atoms with E-state index in [1.165, 1.54) is 13.0 Å².